The number of hydrogen-bond donors (Lipinski definition) is 1. The first-order valence-corrected chi connectivity index (χ1v) is 5.31. The molecule has 1 aromatic heterocycles. The minimum absolute atomic E-state index is 0.341. The zero-order valence-electron chi connectivity index (χ0n) is 10.3. The summed E-state index contributed by atoms with van der Waals surface area (Å²) in [6.45, 7) is -0.236. The van der Waals surface area contributed by atoms with Crippen molar-refractivity contribution in [2.24, 2.45) is 0 Å². The van der Waals surface area contributed by atoms with Crippen molar-refractivity contribution in [1.82, 2.24) is 4.98 Å². The van der Waals surface area contributed by atoms with Crippen molar-refractivity contribution in [2.75, 3.05) is 19.0 Å². The highest BCUT2D eigenvalue weighted by molar-refractivity contribution is 5.93. The van der Waals surface area contributed by atoms with Crippen LogP contribution in [0.1, 0.15) is 6.92 Å². The molecule has 0 spiro atoms. The molecule has 0 saturated carbocycles. The summed E-state index contributed by atoms with van der Waals surface area (Å²) in [5, 5.41) is 2.38. The van der Waals surface area contributed by atoms with Gasteiger partial charge in [0.15, 0.2) is 0 Å². The average molecular weight is 278 g/mol. The number of pyridine rings is 1. The number of anilines is 1. The smallest absolute Gasteiger partial charge is 0.411 e. The molecule has 1 atom stereocenters. The van der Waals surface area contributed by atoms with Crippen LogP contribution in [0.15, 0.2) is 18.3 Å². The number of nitrogens with zero attached hydrogens (tertiary/aromatic N) is 1. The maximum absolute atomic E-state index is 11.9. The minimum atomic E-state index is -4.46. The van der Waals surface area contributed by atoms with Gasteiger partial charge in [0, 0.05) is 6.07 Å². The molecular formula is C11H13F3N2O3. The predicted molar refractivity (Wildman–Crippen MR) is 60.9 cm³/mol. The molecule has 0 aliphatic heterocycles. The Morgan fingerprint density at radius 2 is 2.16 bits per heavy atom. The van der Waals surface area contributed by atoms with Crippen LogP contribution in [0.25, 0.3) is 0 Å². The summed E-state index contributed by atoms with van der Waals surface area (Å²) >= 11 is 0. The zero-order valence-corrected chi connectivity index (χ0v) is 10.3. The van der Waals surface area contributed by atoms with Gasteiger partial charge >= 0.3 is 6.18 Å². The molecule has 19 heavy (non-hydrogen) atoms. The van der Waals surface area contributed by atoms with E-state index in [1.54, 1.807) is 0 Å². The Bertz CT molecular complexity index is 420. The van der Waals surface area contributed by atoms with Crippen LogP contribution in [-0.4, -0.2) is 36.9 Å². The van der Waals surface area contributed by atoms with Gasteiger partial charge in [-0.2, -0.15) is 13.2 Å². The maximum atomic E-state index is 11.9. The van der Waals surface area contributed by atoms with E-state index in [0.717, 1.165) is 0 Å². The highest BCUT2D eigenvalue weighted by atomic mass is 19.4. The number of rotatable bonds is 5. The first-order chi connectivity index (χ1) is 8.81. The zero-order chi connectivity index (χ0) is 14.5. The molecular weight excluding hydrogens is 265 g/mol. The number of amides is 1. The van der Waals surface area contributed by atoms with Gasteiger partial charge in [-0.05, 0) is 13.0 Å². The van der Waals surface area contributed by atoms with E-state index in [1.165, 1.54) is 32.4 Å². The number of ether oxygens (including phenoxy) is 2. The lowest BCUT2D eigenvalue weighted by Crippen LogP contribution is -2.31. The van der Waals surface area contributed by atoms with Gasteiger partial charge < -0.3 is 14.8 Å². The fourth-order valence-electron chi connectivity index (χ4n) is 1.11. The quantitative estimate of drug-likeness (QED) is 0.894. The summed E-state index contributed by atoms with van der Waals surface area (Å²) < 4.78 is 45.0. The minimum Gasteiger partial charge on any atom is -0.481 e. The van der Waals surface area contributed by atoms with Crippen LogP contribution in [0, 0.1) is 0 Å². The summed E-state index contributed by atoms with van der Waals surface area (Å²) in [5.74, 6) is -0.324. The van der Waals surface area contributed by atoms with Crippen LogP contribution < -0.4 is 10.1 Å². The molecule has 1 aromatic rings. The Labute approximate surface area is 107 Å². The second-order valence-electron chi connectivity index (χ2n) is 3.65. The lowest BCUT2D eigenvalue weighted by Gasteiger charge is -2.14. The van der Waals surface area contributed by atoms with Crippen LogP contribution in [0.4, 0.5) is 18.9 Å². The standard InChI is InChI=1S/C11H13F3N2O3/c1-7(19-6-11(12,13)14)10(17)16-8-3-4-9(18-2)15-5-8/h3-5,7H,6H2,1-2H3,(H,16,17)/t7-/m1/s1. The third kappa shape index (κ3) is 5.56. The number of carbonyl (C=O) groups is 1. The molecule has 5 nitrogen and oxygen atoms in total. The maximum Gasteiger partial charge on any atom is 0.411 e. The van der Waals surface area contributed by atoms with Crippen LogP contribution in [0.5, 0.6) is 5.88 Å². The van der Waals surface area contributed by atoms with E-state index in [0.29, 0.717) is 11.6 Å². The second kappa shape index (κ2) is 6.37. The summed E-state index contributed by atoms with van der Waals surface area (Å²) in [6, 6.07) is 3.02. The van der Waals surface area contributed by atoms with Gasteiger partial charge in [0.25, 0.3) is 5.91 Å². The summed E-state index contributed by atoms with van der Waals surface area (Å²) in [4.78, 5) is 15.4. The number of aromatic nitrogens is 1. The highest BCUT2D eigenvalue weighted by Crippen LogP contribution is 2.16. The van der Waals surface area contributed by atoms with E-state index in [9.17, 15) is 18.0 Å². The number of nitrogens with one attached hydrogen (secondary N) is 1. The van der Waals surface area contributed by atoms with Crippen molar-refractivity contribution in [1.29, 1.82) is 0 Å². The number of methoxy groups -OCH3 is 1. The topological polar surface area (TPSA) is 60.5 Å². The lowest BCUT2D eigenvalue weighted by atomic mass is 10.3. The monoisotopic (exact) mass is 278 g/mol. The van der Waals surface area contributed by atoms with Gasteiger partial charge in [-0.1, -0.05) is 0 Å². The van der Waals surface area contributed by atoms with Crippen molar-refractivity contribution in [3.05, 3.63) is 18.3 Å². The van der Waals surface area contributed by atoms with Gasteiger partial charge in [0.2, 0.25) is 5.88 Å². The number of alkyl halides is 3. The fraction of sp³-hybridized carbons (Fsp3) is 0.455. The van der Waals surface area contributed by atoms with Crippen molar-refractivity contribution in [3.63, 3.8) is 0 Å². The van der Waals surface area contributed by atoms with Crippen molar-refractivity contribution in [2.45, 2.75) is 19.2 Å². The second-order valence-corrected chi connectivity index (χ2v) is 3.65. The normalized spacial score (nSPS) is 12.9. The predicted octanol–water partition coefficient (Wildman–Crippen LogP) is 2.00. The molecule has 1 heterocycles. The van der Waals surface area contributed by atoms with E-state index in [1.807, 2.05) is 0 Å². The molecule has 0 saturated heterocycles. The van der Waals surface area contributed by atoms with Gasteiger partial charge in [-0.15, -0.1) is 0 Å². The van der Waals surface area contributed by atoms with Crippen molar-refractivity contribution < 1.29 is 27.4 Å². The summed E-state index contributed by atoms with van der Waals surface area (Å²) in [6.07, 6.45) is -4.35. The van der Waals surface area contributed by atoms with E-state index in [2.05, 4.69) is 15.0 Å². The first-order valence-electron chi connectivity index (χ1n) is 5.31. The molecule has 0 radical (unpaired) electrons. The number of hydrogen-bond acceptors (Lipinski definition) is 4. The Balaban J connectivity index is 2.49. The van der Waals surface area contributed by atoms with Gasteiger partial charge in [-0.3, -0.25) is 4.79 Å². The lowest BCUT2D eigenvalue weighted by molar-refractivity contribution is -0.184. The van der Waals surface area contributed by atoms with Crippen LogP contribution >= 0.6 is 0 Å². The van der Waals surface area contributed by atoms with E-state index in [4.69, 9.17) is 4.74 Å². The molecule has 0 aliphatic carbocycles. The largest absolute Gasteiger partial charge is 0.481 e. The molecule has 106 valence electrons. The van der Waals surface area contributed by atoms with Gasteiger partial charge in [0.05, 0.1) is 19.0 Å². The highest BCUT2D eigenvalue weighted by Gasteiger charge is 2.29. The van der Waals surface area contributed by atoms with Crippen molar-refractivity contribution in [3.8, 4) is 5.88 Å². The summed E-state index contributed by atoms with van der Waals surface area (Å²) in [5.41, 5.74) is 0.341. The third-order valence-electron chi connectivity index (χ3n) is 2.08. The molecule has 1 amide bonds. The van der Waals surface area contributed by atoms with Gasteiger partial charge in [0.1, 0.15) is 12.7 Å². The Kier molecular flexibility index (Phi) is 5.11. The first kappa shape index (κ1) is 15.2. The molecule has 8 heteroatoms. The molecule has 1 N–H and O–H groups in total. The third-order valence-corrected chi connectivity index (χ3v) is 2.08. The average Bonchev–Trinajstić information content (AvgIpc) is 2.36. The Morgan fingerprint density at radius 1 is 1.47 bits per heavy atom. The van der Waals surface area contributed by atoms with E-state index in [-0.39, 0.29) is 0 Å². The van der Waals surface area contributed by atoms with Crippen LogP contribution in [0.2, 0.25) is 0 Å². The number of halogens is 3. The molecule has 1 rings (SSSR count). The van der Waals surface area contributed by atoms with E-state index >= 15 is 0 Å². The molecule has 0 bridgehead atoms. The Morgan fingerprint density at radius 3 is 2.63 bits per heavy atom. The summed E-state index contributed by atoms with van der Waals surface area (Å²) in [7, 11) is 1.44. The molecule has 0 aromatic carbocycles. The molecule has 0 aliphatic rings. The SMILES string of the molecule is COc1ccc(NC(=O)[C@@H](C)OCC(F)(F)F)cn1. The van der Waals surface area contributed by atoms with Crippen LogP contribution in [-0.2, 0) is 9.53 Å². The van der Waals surface area contributed by atoms with Crippen LogP contribution in [0.3, 0.4) is 0 Å². The molecule has 0 unspecified atom stereocenters. The molecule has 0 fully saturated rings. The van der Waals surface area contributed by atoms with Gasteiger partial charge in [-0.25, -0.2) is 4.98 Å². The fourth-order valence-corrected chi connectivity index (χ4v) is 1.11. The number of carbonyl (C=O) groups excluding carboxylic acids is 1. The Hall–Kier alpha value is -1.83. The van der Waals surface area contributed by atoms with Crippen molar-refractivity contribution >= 4 is 11.6 Å². The van der Waals surface area contributed by atoms with E-state index < -0.39 is 24.8 Å².